The van der Waals surface area contributed by atoms with Crippen LogP contribution in [-0.2, 0) is 27.8 Å². The van der Waals surface area contributed by atoms with Crippen molar-refractivity contribution in [3.05, 3.63) is 34.2 Å². The van der Waals surface area contributed by atoms with E-state index in [0.717, 1.165) is 50.0 Å². The normalized spacial score (nSPS) is 20.4. The van der Waals surface area contributed by atoms with Crippen LogP contribution in [0.3, 0.4) is 0 Å². The molecule has 2 fully saturated rings. The minimum Gasteiger partial charge on any atom is -0.446 e. The predicted octanol–water partition coefficient (Wildman–Crippen LogP) is 0.681. The van der Waals surface area contributed by atoms with Crippen LogP contribution < -0.4 is 16.3 Å². The summed E-state index contributed by atoms with van der Waals surface area (Å²) in [5.41, 5.74) is 2.32. The number of alkyl carbamates (subject to hydrolysis) is 1. The van der Waals surface area contributed by atoms with E-state index in [-0.39, 0.29) is 30.2 Å². The first-order chi connectivity index (χ1) is 15.4. The molecule has 2 N–H and O–H groups in total. The fourth-order valence-electron chi connectivity index (χ4n) is 4.54. The van der Waals surface area contributed by atoms with Gasteiger partial charge < -0.3 is 15.0 Å². The van der Waals surface area contributed by atoms with Gasteiger partial charge in [0.1, 0.15) is 12.1 Å². The number of aromatic nitrogens is 2. The van der Waals surface area contributed by atoms with Gasteiger partial charge >= 0.3 is 11.8 Å². The molecule has 0 bridgehead atoms. The Bertz CT molecular complexity index is 1100. The Labute approximate surface area is 185 Å². The third kappa shape index (κ3) is 4.40. The molecule has 10 nitrogen and oxygen atoms in total. The van der Waals surface area contributed by atoms with Crippen molar-refractivity contribution in [2.45, 2.75) is 44.2 Å². The third-order valence-corrected chi connectivity index (χ3v) is 6.40. The lowest BCUT2D eigenvalue weighted by atomic mass is 10.0. The Balaban J connectivity index is 1.43. The Morgan fingerprint density at radius 2 is 1.91 bits per heavy atom. The Kier molecular flexibility index (Phi) is 6.31. The summed E-state index contributed by atoms with van der Waals surface area (Å²) in [6, 6.07) is 5.21. The van der Waals surface area contributed by atoms with E-state index < -0.39 is 11.9 Å². The van der Waals surface area contributed by atoms with Crippen molar-refractivity contribution in [2.75, 3.05) is 26.7 Å². The van der Waals surface area contributed by atoms with Gasteiger partial charge in [-0.15, -0.1) is 0 Å². The number of piperidine rings is 2. The van der Waals surface area contributed by atoms with Crippen LogP contribution in [0.2, 0.25) is 0 Å². The minimum atomic E-state index is -0.673. The molecule has 0 saturated carbocycles. The molecule has 1 unspecified atom stereocenters. The molecular formula is C22H29N5O5. The summed E-state index contributed by atoms with van der Waals surface area (Å²) in [4.78, 5) is 50.4. The summed E-state index contributed by atoms with van der Waals surface area (Å²) in [6.07, 6.45) is 2.59. The molecule has 0 aliphatic carbocycles. The molecule has 2 aliphatic rings. The van der Waals surface area contributed by atoms with Gasteiger partial charge in [0, 0.05) is 40.2 Å². The number of benzene rings is 1. The molecule has 32 heavy (non-hydrogen) atoms. The smallest absolute Gasteiger partial charge is 0.407 e. The number of hydrogen-bond acceptors (Lipinski definition) is 6. The van der Waals surface area contributed by atoms with E-state index in [2.05, 4.69) is 15.5 Å². The number of imide groups is 1. The van der Waals surface area contributed by atoms with Crippen LogP contribution in [0.25, 0.3) is 11.0 Å². The van der Waals surface area contributed by atoms with E-state index in [4.69, 9.17) is 4.74 Å². The van der Waals surface area contributed by atoms with E-state index >= 15 is 0 Å². The molecule has 1 atom stereocenters. The van der Waals surface area contributed by atoms with E-state index in [0.29, 0.717) is 11.9 Å². The first-order valence-corrected chi connectivity index (χ1v) is 11.0. The number of carbonyl (C=O) groups is 3. The summed E-state index contributed by atoms with van der Waals surface area (Å²) in [5, 5.41) is 4.81. The van der Waals surface area contributed by atoms with Crippen molar-refractivity contribution >= 4 is 28.9 Å². The number of ether oxygens (including phenoxy) is 1. The zero-order chi connectivity index (χ0) is 22.8. The molecule has 4 rings (SSSR count). The van der Waals surface area contributed by atoms with Gasteiger partial charge in [0.15, 0.2) is 0 Å². The fourth-order valence-corrected chi connectivity index (χ4v) is 4.54. The fraction of sp³-hybridized carbons (Fsp3) is 0.545. The van der Waals surface area contributed by atoms with Crippen LogP contribution in [0.4, 0.5) is 4.79 Å². The lowest BCUT2D eigenvalue weighted by Gasteiger charge is -2.31. The number of nitrogens with zero attached hydrogens (tertiary/aromatic N) is 3. The summed E-state index contributed by atoms with van der Waals surface area (Å²) in [6.45, 7) is 2.61. The highest BCUT2D eigenvalue weighted by Gasteiger charge is 2.31. The van der Waals surface area contributed by atoms with Crippen LogP contribution >= 0.6 is 0 Å². The molecule has 2 aromatic rings. The predicted molar refractivity (Wildman–Crippen MR) is 117 cm³/mol. The minimum absolute atomic E-state index is 0.0379. The van der Waals surface area contributed by atoms with Gasteiger partial charge in [-0.25, -0.2) is 9.59 Å². The summed E-state index contributed by atoms with van der Waals surface area (Å²) in [7, 11) is 3.26. The van der Waals surface area contributed by atoms with Gasteiger partial charge in [-0.2, -0.15) is 0 Å². The molecule has 1 aromatic carbocycles. The quantitative estimate of drug-likeness (QED) is 0.657. The number of aryl methyl sites for hydroxylation is 1. The number of rotatable bonds is 5. The first-order valence-electron chi connectivity index (χ1n) is 11.0. The second-order valence-corrected chi connectivity index (χ2v) is 8.45. The van der Waals surface area contributed by atoms with Crippen molar-refractivity contribution in [1.29, 1.82) is 0 Å². The standard InChI is InChI=1S/C22H29N5O5/c1-23-21(30)32-15-8-11-26(12-9-15)10-7-14-3-4-16-18(13-14)25(2)22(31)27(16)17-5-6-19(28)24-20(17)29/h3-4,13,15,17H,5-12H2,1-2H3,(H,23,30)(H,24,28,29). The maximum absolute atomic E-state index is 12.9. The SMILES string of the molecule is CNC(=O)OC1CCN(CCc2ccc3c(c2)n(C)c(=O)n3C2CCC(=O)NC2=O)CC1. The van der Waals surface area contributed by atoms with Gasteiger partial charge in [0.25, 0.3) is 0 Å². The molecule has 3 amide bonds. The van der Waals surface area contributed by atoms with Crippen LogP contribution in [0, 0.1) is 0 Å². The van der Waals surface area contributed by atoms with Gasteiger partial charge in [-0.1, -0.05) is 6.07 Å². The highest BCUT2D eigenvalue weighted by Crippen LogP contribution is 2.24. The average Bonchev–Trinajstić information content (AvgIpc) is 3.03. The molecule has 1 aromatic heterocycles. The first kappa shape index (κ1) is 22.1. The molecular weight excluding hydrogens is 414 g/mol. The molecule has 10 heteroatoms. The van der Waals surface area contributed by atoms with E-state index in [9.17, 15) is 19.2 Å². The van der Waals surface area contributed by atoms with Gasteiger partial charge in [0.2, 0.25) is 11.8 Å². The second kappa shape index (κ2) is 9.15. The second-order valence-electron chi connectivity index (χ2n) is 8.45. The summed E-state index contributed by atoms with van der Waals surface area (Å²) in [5.74, 6) is -0.727. The van der Waals surface area contributed by atoms with Gasteiger partial charge in [-0.05, 0) is 43.4 Å². The topological polar surface area (TPSA) is 115 Å². The summed E-state index contributed by atoms with van der Waals surface area (Å²) < 4.78 is 8.39. The monoisotopic (exact) mass is 443 g/mol. The van der Waals surface area contributed by atoms with Crippen molar-refractivity contribution in [1.82, 2.24) is 24.7 Å². The summed E-state index contributed by atoms with van der Waals surface area (Å²) >= 11 is 0. The van der Waals surface area contributed by atoms with Crippen molar-refractivity contribution in [3.63, 3.8) is 0 Å². The van der Waals surface area contributed by atoms with E-state index in [1.165, 1.54) is 4.57 Å². The van der Waals surface area contributed by atoms with Crippen molar-refractivity contribution < 1.29 is 19.1 Å². The van der Waals surface area contributed by atoms with E-state index in [1.54, 1.807) is 18.7 Å². The molecule has 0 spiro atoms. The highest BCUT2D eigenvalue weighted by molar-refractivity contribution is 6.00. The Hall–Kier alpha value is -3.14. The number of fused-ring (bicyclic) bond motifs is 1. The zero-order valence-electron chi connectivity index (χ0n) is 18.4. The van der Waals surface area contributed by atoms with Crippen molar-refractivity contribution in [2.24, 2.45) is 7.05 Å². The number of hydrogen-bond donors (Lipinski definition) is 2. The molecule has 3 heterocycles. The van der Waals surface area contributed by atoms with Gasteiger partial charge in [0.05, 0.1) is 11.0 Å². The average molecular weight is 444 g/mol. The zero-order valence-corrected chi connectivity index (χ0v) is 18.4. The number of nitrogens with one attached hydrogen (secondary N) is 2. The number of carbonyl (C=O) groups excluding carboxylic acids is 3. The maximum Gasteiger partial charge on any atom is 0.407 e. The molecule has 172 valence electrons. The maximum atomic E-state index is 12.9. The molecule has 0 radical (unpaired) electrons. The van der Waals surface area contributed by atoms with Crippen LogP contribution in [0.1, 0.15) is 37.3 Å². The Morgan fingerprint density at radius 3 is 2.59 bits per heavy atom. The number of imidazole rings is 1. The molecule has 2 saturated heterocycles. The van der Waals surface area contributed by atoms with Crippen LogP contribution in [0.15, 0.2) is 23.0 Å². The van der Waals surface area contributed by atoms with Gasteiger partial charge in [-0.3, -0.25) is 24.0 Å². The number of amides is 3. The highest BCUT2D eigenvalue weighted by atomic mass is 16.6. The number of likely N-dealkylation sites (tertiary alicyclic amines) is 1. The Morgan fingerprint density at radius 1 is 1.16 bits per heavy atom. The van der Waals surface area contributed by atoms with Crippen LogP contribution in [-0.4, -0.2) is 64.7 Å². The largest absolute Gasteiger partial charge is 0.446 e. The third-order valence-electron chi connectivity index (χ3n) is 6.40. The van der Waals surface area contributed by atoms with E-state index in [1.807, 2.05) is 18.2 Å². The molecule has 2 aliphatic heterocycles. The van der Waals surface area contributed by atoms with Crippen molar-refractivity contribution in [3.8, 4) is 0 Å². The lowest BCUT2D eigenvalue weighted by Crippen LogP contribution is -2.44. The lowest BCUT2D eigenvalue weighted by molar-refractivity contribution is -0.135. The van der Waals surface area contributed by atoms with Crippen LogP contribution in [0.5, 0.6) is 0 Å².